The number of hydrogen-bond acceptors (Lipinski definition) is 5. The molecule has 3 rings (SSSR count). The minimum absolute atomic E-state index is 0.172. The molecular formula is C19H23NO4. The lowest BCUT2D eigenvalue weighted by atomic mass is 9.98. The first-order valence-corrected chi connectivity index (χ1v) is 8.21. The summed E-state index contributed by atoms with van der Waals surface area (Å²) in [6.07, 6.45) is 2.32. The van der Waals surface area contributed by atoms with Crippen LogP contribution in [0.25, 0.3) is 11.0 Å². The van der Waals surface area contributed by atoms with Gasteiger partial charge in [0.05, 0.1) is 18.8 Å². The van der Waals surface area contributed by atoms with Crippen LogP contribution in [0, 0.1) is 13.8 Å². The third-order valence-corrected chi connectivity index (χ3v) is 4.71. The number of benzene rings is 1. The maximum Gasteiger partial charge on any atom is 0.341 e. The molecule has 5 nitrogen and oxygen atoms in total. The van der Waals surface area contributed by atoms with Crippen molar-refractivity contribution in [3.63, 3.8) is 0 Å². The number of nitrogens with zero attached hydrogens (tertiary/aromatic N) is 1. The molecule has 0 amide bonds. The molecule has 0 unspecified atom stereocenters. The number of rotatable bonds is 4. The highest BCUT2D eigenvalue weighted by molar-refractivity contribution is 5.86. The van der Waals surface area contributed by atoms with Gasteiger partial charge >= 0.3 is 5.63 Å². The van der Waals surface area contributed by atoms with Crippen molar-refractivity contribution in [3.05, 3.63) is 51.4 Å². The van der Waals surface area contributed by atoms with Crippen LogP contribution in [0.5, 0.6) is 5.75 Å². The Morgan fingerprint density at radius 3 is 2.67 bits per heavy atom. The van der Waals surface area contributed by atoms with E-state index < -0.39 is 0 Å². The fraction of sp³-hybridized carbons (Fsp3) is 0.421. The van der Waals surface area contributed by atoms with Gasteiger partial charge in [-0.2, -0.15) is 0 Å². The predicted octanol–water partition coefficient (Wildman–Crippen LogP) is 2.68. The zero-order chi connectivity index (χ0) is 17.3. The molecule has 128 valence electrons. The number of phenols is 1. The molecule has 5 heteroatoms. The summed E-state index contributed by atoms with van der Waals surface area (Å²) in [5.74, 6) is 0.172. The van der Waals surface area contributed by atoms with Gasteiger partial charge in [0.1, 0.15) is 11.3 Å². The van der Waals surface area contributed by atoms with Gasteiger partial charge in [0.25, 0.3) is 0 Å². The normalized spacial score (nSPS) is 15.8. The number of morpholine rings is 1. The van der Waals surface area contributed by atoms with Crippen molar-refractivity contribution in [2.75, 3.05) is 26.3 Å². The highest BCUT2D eigenvalue weighted by atomic mass is 16.5. The summed E-state index contributed by atoms with van der Waals surface area (Å²) in [5.41, 5.74) is 3.13. The molecule has 1 saturated heterocycles. The Bertz CT molecular complexity index is 832. The van der Waals surface area contributed by atoms with E-state index in [-0.39, 0.29) is 11.4 Å². The Balaban J connectivity index is 2.12. The summed E-state index contributed by atoms with van der Waals surface area (Å²) >= 11 is 0. The Morgan fingerprint density at radius 1 is 1.29 bits per heavy atom. The molecule has 1 fully saturated rings. The van der Waals surface area contributed by atoms with Crippen LogP contribution >= 0.6 is 0 Å². The van der Waals surface area contributed by atoms with Gasteiger partial charge in [-0.25, -0.2) is 4.79 Å². The van der Waals surface area contributed by atoms with E-state index in [1.165, 1.54) is 0 Å². The van der Waals surface area contributed by atoms with Crippen LogP contribution in [0.2, 0.25) is 0 Å². The summed E-state index contributed by atoms with van der Waals surface area (Å²) in [6, 6.07) is 1.90. The SMILES string of the molecule is C=CCc1cc2c(C)c(CN3CCOCC3)c(=O)oc2c(C)c1O. The molecule has 0 aliphatic carbocycles. The van der Waals surface area contributed by atoms with Gasteiger partial charge in [0.15, 0.2) is 0 Å². The molecule has 0 atom stereocenters. The lowest BCUT2D eigenvalue weighted by molar-refractivity contribution is 0.0337. The highest BCUT2D eigenvalue weighted by Crippen LogP contribution is 2.33. The standard InChI is InChI=1S/C19H23NO4/c1-4-5-14-10-15-12(2)16(11-20-6-8-23-9-7-20)19(22)24-18(15)13(3)17(14)21/h4,10,21H,1,5-9,11H2,2-3H3. The van der Waals surface area contributed by atoms with Crippen LogP contribution < -0.4 is 5.63 Å². The quantitative estimate of drug-likeness (QED) is 0.690. The number of allylic oxidation sites excluding steroid dienone is 1. The van der Waals surface area contributed by atoms with Gasteiger partial charge in [0.2, 0.25) is 0 Å². The number of aryl methyl sites for hydroxylation is 2. The summed E-state index contributed by atoms with van der Waals surface area (Å²) in [4.78, 5) is 14.7. The van der Waals surface area contributed by atoms with E-state index in [0.717, 1.165) is 29.6 Å². The maximum atomic E-state index is 12.5. The van der Waals surface area contributed by atoms with Crippen molar-refractivity contribution < 1.29 is 14.3 Å². The summed E-state index contributed by atoms with van der Waals surface area (Å²) in [7, 11) is 0. The molecule has 2 aromatic rings. The summed E-state index contributed by atoms with van der Waals surface area (Å²) < 4.78 is 10.9. The van der Waals surface area contributed by atoms with Gasteiger partial charge in [-0.05, 0) is 37.5 Å². The van der Waals surface area contributed by atoms with E-state index in [1.807, 2.05) is 13.0 Å². The Morgan fingerprint density at radius 2 is 2.00 bits per heavy atom. The first-order valence-electron chi connectivity index (χ1n) is 8.21. The fourth-order valence-corrected chi connectivity index (χ4v) is 3.22. The van der Waals surface area contributed by atoms with Crippen LogP contribution in [-0.4, -0.2) is 36.3 Å². The molecule has 0 bridgehead atoms. The third-order valence-electron chi connectivity index (χ3n) is 4.71. The third kappa shape index (κ3) is 2.97. The van der Waals surface area contributed by atoms with E-state index in [9.17, 15) is 9.90 Å². The maximum absolute atomic E-state index is 12.5. The number of phenolic OH excluding ortho intramolecular Hbond substituents is 1. The van der Waals surface area contributed by atoms with Crippen molar-refractivity contribution >= 4 is 11.0 Å². The molecule has 0 spiro atoms. The first-order chi connectivity index (χ1) is 11.5. The molecule has 24 heavy (non-hydrogen) atoms. The van der Waals surface area contributed by atoms with Crippen LogP contribution in [0.3, 0.4) is 0 Å². The van der Waals surface area contributed by atoms with Crippen molar-refractivity contribution in [2.24, 2.45) is 0 Å². The van der Waals surface area contributed by atoms with Crippen molar-refractivity contribution in [1.29, 1.82) is 0 Å². The Labute approximate surface area is 141 Å². The van der Waals surface area contributed by atoms with E-state index >= 15 is 0 Å². The molecule has 2 heterocycles. The van der Waals surface area contributed by atoms with Crippen molar-refractivity contribution in [2.45, 2.75) is 26.8 Å². The van der Waals surface area contributed by atoms with Crippen LogP contribution in [0.4, 0.5) is 0 Å². The number of aromatic hydroxyl groups is 1. The van der Waals surface area contributed by atoms with Gasteiger partial charge in [-0.3, -0.25) is 4.90 Å². The molecule has 1 N–H and O–H groups in total. The molecule has 0 radical (unpaired) electrons. The van der Waals surface area contributed by atoms with Gasteiger partial charge < -0.3 is 14.3 Å². The van der Waals surface area contributed by atoms with Crippen LogP contribution in [0.1, 0.15) is 22.3 Å². The molecular weight excluding hydrogens is 306 g/mol. The highest BCUT2D eigenvalue weighted by Gasteiger charge is 2.19. The zero-order valence-corrected chi connectivity index (χ0v) is 14.2. The topological polar surface area (TPSA) is 62.9 Å². The molecule has 1 aromatic heterocycles. The first kappa shape index (κ1) is 16.7. The smallest absolute Gasteiger partial charge is 0.341 e. The van der Waals surface area contributed by atoms with Crippen LogP contribution in [0.15, 0.2) is 27.9 Å². The summed E-state index contributed by atoms with van der Waals surface area (Å²) in [6.45, 7) is 11.0. The molecule has 1 aliphatic rings. The second-order valence-corrected chi connectivity index (χ2v) is 6.26. The largest absolute Gasteiger partial charge is 0.507 e. The number of hydrogen-bond donors (Lipinski definition) is 1. The second kappa shape index (κ2) is 6.79. The monoisotopic (exact) mass is 329 g/mol. The minimum Gasteiger partial charge on any atom is -0.507 e. The minimum atomic E-state index is -0.328. The van der Waals surface area contributed by atoms with E-state index in [1.54, 1.807) is 13.0 Å². The second-order valence-electron chi connectivity index (χ2n) is 6.26. The zero-order valence-electron chi connectivity index (χ0n) is 14.2. The number of ether oxygens (including phenoxy) is 1. The Hall–Kier alpha value is -2.11. The van der Waals surface area contributed by atoms with Crippen molar-refractivity contribution in [3.8, 4) is 5.75 Å². The van der Waals surface area contributed by atoms with E-state index in [0.29, 0.717) is 42.9 Å². The average molecular weight is 329 g/mol. The Kier molecular flexibility index (Phi) is 4.73. The predicted molar refractivity (Wildman–Crippen MR) is 93.6 cm³/mol. The average Bonchev–Trinajstić information content (AvgIpc) is 2.58. The van der Waals surface area contributed by atoms with Gasteiger partial charge in [-0.15, -0.1) is 6.58 Å². The van der Waals surface area contributed by atoms with Gasteiger partial charge in [0, 0.05) is 30.6 Å². The lowest BCUT2D eigenvalue weighted by Gasteiger charge is -2.26. The van der Waals surface area contributed by atoms with E-state index in [4.69, 9.17) is 9.15 Å². The van der Waals surface area contributed by atoms with Crippen LogP contribution in [-0.2, 0) is 17.7 Å². The summed E-state index contributed by atoms with van der Waals surface area (Å²) in [5, 5.41) is 11.2. The number of fused-ring (bicyclic) bond motifs is 1. The lowest BCUT2D eigenvalue weighted by Crippen LogP contribution is -2.37. The van der Waals surface area contributed by atoms with Crippen molar-refractivity contribution in [1.82, 2.24) is 4.90 Å². The molecule has 0 saturated carbocycles. The fourth-order valence-electron chi connectivity index (χ4n) is 3.22. The molecule has 1 aliphatic heterocycles. The molecule has 1 aromatic carbocycles. The van der Waals surface area contributed by atoms with Gasteiger partial charge in [-0.1, -0.05) is 6.08 Å². The van der Waals surface area contributed by atoms with E-state index in [2.05, 4.69) is 11.5 Å².